The van der Waals surface area contributed by atoms with Gasteiger partial charge in [0, 0.05) is 43.1 Å². The second-order valence-electron chi connectivity index (χ2n) is 6.61. The number of amides is 3. The topological polar surface area (TPSA) is 106 Å². The first kappa shape index (κ1) is 18.5. The molecule has 2 heterocycles. The van der Waals surface area contributed by atoms with Crippen molar-refractivity contribution in [1.82, 2.24) is 20.1 Å². The van der Waals surface area contributed by atoms with Gasteiger partial charge in [-0.15, -0.1) is 0 Å². The van der Waals surface area contributed by atoms with Crippen LogP contribution in [-0.4, -0.2) is 58.2 Å². The molecule has 29 heavy (non-hydrogen) atoms. The Morgan fingerprint density at radius 3 is 2.45 bits per heavy atom. The molecule has 1 fully saturated rings. The fourth-order valence-corrected chi connectivity index (χ4v) is 3.19. The first-order valence-corrected chi connectivity index (χ1v) is 9.32. The molecule has 1 aromatic heterocycles. The van der Waals surface area contributed by atoms with Crippen molar-refractivity contribution >= 4 is 29.3 Å². The molecule has 1 aliphatic heterocycles. The van der Waals surface area contributed by atoms with E-state index < -0.39 is 0 Å². The Bertz CT molecular complexity index is 968. The van der Waals surface area contributed by atoms with Gasteiger partial charge in [-0.05, 0) is 30.3 Å². The van der Waals surface area contributed by atoms with E-state index in [-0.39, 0.29) is 17.9 Å². The number of piperazine rings is 1. The largest absolute Gasteiger partial charge is 0.368 e. The molecule has 0 radical (unpaired) electrons. The van der Waals surface area contributed by atoms with Crippen LogP contribution in [0.5, 0.6) is 0 Å². The van der Waals surface area contributed by atoms with Crippen molar-refractivity contribution in [3.8, 4) is 0 Å². The number of nitrogens with zero attached hydrogens (tertiary/aromatic N) is 4. The van der Waals surface area contributed by atoms with Crippen molar-refractivity contribution in [1.29, 1.82) is 0 Å². The number of nitrogens with one attached hydrogen (secondary N) is 3. The van der Waals surface area contributed by atoms with E-state index in [1.807, 2.05) is 18.2 Å². The van der Waals surface area contributed by atoms with Gasteiger partial charge in [-0.1, -0.05) is 24.3 Å². The molecule has 3 N–H and O–H groups in total. The summed E-state index contributed by atoms with van der Waals surface area (Å²) in [6, 6.07) is 16.8. The number of H-pyrrole nitrogens is 1. The third kappa shape index (κ3) is 4.52. The van der Waals surface area contributed by atoms with Crippen molar-refractivity contribution in [2.75, 3.05) is 41.7 Å². The van der Waals surface area contributed by atoms with E-state index in [4.69, 9.17) is 0 Å². The quantitative estimate of drug-likeness (QED) is 0.633. The minimum Gasteiger partial charge on any atom is -0.368 e. The van der Waals surface area contributed by atoms with Gasteiger partial charge in [0.1, 0.15) is 6.33 Å². The number of para-hydroxylation sites is 1. The average molecular weight is 391 g/mol. The summed E-state index contributed by atoms with van der Waals surface area (Å²) in [6.45, 7) is 2.81. The number of aromatic amines is 1. The van der Waals surface area contributed by atoms with Crippen LogP contribution in [0.25, 0.3) is 0 Å². The van der Waals surface area contributed by atoms with E-state index in [1.165, 1.54) is 6.33 Å². The average Bonchev–Trinajstić information content (AvgIpc) is 3.28. The molecule has 0 aliphatic carbocycles. The first-order valence-electron chi connectivity index (χ1n) is 9.32. The van der Waals surface area contributed by atoms with Crippen LogP contribution in [0.3, 0.4) is 0 Å². The number of carbonyl (C=O) groups excluding carboxylic acids is 2. The highest BCUT2D eigenvalue weighted by molar-refractivity contribution is 6.04. The highest BCUT2D eigenvalue weighted by Crippen LogP contribution is 2.17. The number of aromatic nitrogens is 3. The number of urea groups is 1. The summed E-state index contributed by atoms with van der Waals surface area (Å²) in [5.41, 5.74) is 2.14. The van der Waals surface area contributed by atoms with E-state index in [9.17, 15) is 9.59 Å². The van der Waals surface area contributed by atoms with Gasteiger partial charge in [0.2, 0.25) is 5.95 Å². The zero-order chi connectivity index (χ0) is 20.1. The Morgan fingerprint density at radius 1 is 0.931 bits per heavy atom. The molecule has 9 heteroatoms. The summed E-state index contributed by atoms with van der Waals surface area (Å²) in [5.74, 6) is -0.0740. The van der Waals surface area contributed by atoms with Crippen molar-refractivity contribution in [3.05, 3.63) is 66.5 Å². The normalized spacial score (nSPS) is 13.8. The Labute approximate surface area is 167 Å². The molecular formula is C20H21N7O2. The smallest absolute Gasteiger partial charge is 0.321 e. The van der Waals surface area contributed by atoms with Crippen molar-refractivity contribution in [3.63, 3.8) is 0 Å². The zero-order valence-corrected chi connectivity index (χ0v) is 15.7. The van der Waals surface area contributed by atoms with E-state index in [0.29, 0.717) is 24.3 Å². The third-order valence-corrected chi connectivity index (χ3v) is 4.71. The fraction of sp³-hybridized carbons (Fsp3) is 0.200. The molecule has 1 saturated heterocycles. The Kier molecular flexibility index (Phi) is 5.37. The van der Waals surface area contributed by atoms with Crippen LogP contribution in [0.15, 0.2) is 60.9 Å². The Balaban J connectivity index is 1.33. The fourth-order valence-electron chi connectivity index (χ4n) is 3.19. The summed E-state index contributed by atoms with van der Waals surface area (Å²) in [5, 5.41) is 11.7. The van der Waals surface area contributed by atoms with Gasteiger partial charge >= 0.3 is 6.03 Å². The molecule has 148 valence electrons. The highest BCUT2D eigenvalue weighted by Gasteiger charge is 2.21. The van der Waals surface area contributed by atoms with Crippen LogP contribution in [0.2, 0.25) is 0 Å². The van der Waals surface area contributed by atoms with Gasteiger partial charge in [-0.25, -0.2) is 9.89 Å². The molecule has 3 amide bonds. The van der Waals surface area contributed by atoms with E-state index in [2.05, 4.69) is 42.8 Å². The second kappa shape index (κ2) is 8.42. The summed E-state index contributed by atoms with van der Waals surface area (Å²) >= 11 is 0. The lowest BCUT2D eigenvalue weighted by molar-refractivity contribution is 0.102. The number of hydrogen-bond donors (Lipinski definition) is 3. The predicted octanol–water partition coefficient (Wildman–Crippen LogP) is 2.41. The number of anilines is 3. The molecule has 1 aliphatic rings. The zero-order valence-electron chi connectivity index (χ0n) is 15.7. The van der Waals surface area contributed by atoms with Crippen LogP contribution in [0.4, 0.5) is 22.1 Å². The van der Waals surface area contributed by atoms with E-state index >= 15 is 0 Å². The maximum Gasteiger partial charge on any atom is 0.321 e. The molecule has 3 aromatic rings. The number of hydrogen-bond acceptors (Lipinski definition) is 5. The third-order valence-electron chi connectivity index (χ3n) is 4.71. The molecule has 0 saturated carbocycles. The highest BCUT2D eigenvalue weighted by atomic mass is 16.2. The van der Waals surface area contributed by atoms with Crippen molar-refractivity contribution in [2.24, 2.45) is 0 Å². The second-order valence-corrected chi connectivity index (χ2v) is 6.61. The molecule has 0 bridgehead atoms. The van der Waals surface area contributed by atoms with Crippen molar-refractivity contribution in [2.45, 2.75) is 0 Å². The van der Waals surface area contributed by atoms with Crippen molar-refractivity contribution < 1.29 is 9.59 Å². The van der Waals surface area contributed by atoms with Crippen LogP contribution >= 0.6 is 0 Å². The standard InChI is InChI=1S/C20H21N7O2/c28-18(24-19-21-14-22-25-19)15-5-4-6-16(13-15)23-20(29)27-11-9-26(10-12-27)17-7-2-1-3-8-17/h1-8,13-14H,9-12H2,(H,23,29)(H2,21,22,24,25,28). The molecule has 4 rings (SSSR count). The van der Waals surface area contributed by atoms with Crippen LogP contribution in [0.1, 0.15) is 10.4 Å². The Morgan fingerprint density at radius 2 is 1.72 bits per heavy atom. The van der Waals surface area contributed by atoms with Crippen LogP contribution in [0, 0.1) is 0 Å². The SMILES string of the molecule is O=C(Nc1ncn[nH]1)c1cccc(NC(=O)N2CCN(c3ccccc3)CC2)c1. The van der Waals surface area contributed by atoms with Gasteiger partial charge in [0.05, 0.1) is 0 Å². The van der Waals surface area contributed by atoms with Gasteiger partial charge in [0.25, 0.3) is 5.91 Å². The monoisotopic (exact) mass is 391 g/mol. The summed E-state index contributed by atoms with van der Waals surface area (Å²) in [6.07, 6.45) is 1.31. The van der Waals surface area contributed by atoms with Crippen LogP contribution in [-0.2, 0) is 0 Å². The maximum absolute atomic E-state index is 12.6. The van der Waals surface area contributed by atoms with E-state index in [1.54, 1.807) is 29.2 Å². The van der Waals surface area contributed by atoms with Gasteiger partial charge in [0.15, 0.2) is 0 Å². The molecule has 2 aromatic carbocycles. The van der Waals surface area contributed by atoms with Crippen LogP contribution < -0.4 is 15.5 Å². The number of benzene rings is 2. The predicted molar refractivity (Wildman–Crippen MR) is 110 cm³/mol. The number of rotatable bonds is 4. The molecular weight excluding hydrogens is 370 g/mol. The molecule has 0 atom stereocenters. The van der Waals surface area contributed by atoms with Gasteiger partial charge < -0.3 is 15.1 Å². The maximum atomic E-state index is 12.6. The summed E-state index contributed by atoms with van der Waals surface area (Å²) in [7, 11) is 0. The molecule has 0 unspecified atom stereocenters. The summed E-state index contributed by atoms with van der Waals surface area (Å²) in [4.78, 5) is 32.8. The molecule has 0 spiro atoms. The first-order chi connectivity index (χ1) is 14.2. The number of carbonyl (C=O) groups is 2. The summed E-state index contributed by atoms with van der Waals surface area (Å²) < 4.78 is 0. The van der Waals surface area contributed by atoms with Gasteiger partial charge in [-0.2, -0.15) is 10.1 Å². The molecule has 9 nitrogen and oxygen atoms in total. The van der Waals surface area contributed by atoms with E-state index in [0.717, 1.165) is 18.8 Å². The Hall–Kier alpha value is -3.88. The lowest BCUT2D eigenvalue weighted by atomic mass is 10.2. The van der Waals surface area contributed by atoms with Gasteiger partial charge in [-0.3, -0.25) is 10.1 Å². The minimum absolute atomic E-state index is 0.175. The lowest BCUT2D eigenvalue weighted by Crippen LogP contribution is -2.50. The minimum atomic E-state index is -0.339. The lowest BCUT2D eigenvalue weighted by Gasteiger charge is -2.36.